The predicted molar refractivity (Wildman–Crippen MR) is 41.6 cm³/mol. The molecule has 0 N–H and O–H groups in total. The van der Waals surface area contributed by atoms with E-state index in [0.717, 1.165) is 0 Å². The van der Waals surface area contributed by atoms with Crippen LogP contribution >= 0.6 is 0 Å². The van der Waals surface area contributed by atoms with Crippen molar-refractivity contribution in [3.8, 4) is 0 Å². The first-order valence-corrected chi connectivity index (χ1v) is 3.36. The van der Waals surface area contributed by atoms with Crippen LogP contribution in [0, 0.1) is 0 Å². The summed E-state index contributed by atoms with van der Waals surface area (Å²) in [5, 5.41) is 0. The molecule has 0 radical (unpaired) electrons. The number of amides is 1. The van der Waals surface area contributed by atoms with Crippen molar-refractivity contribution in [3.05, 3.63) is 24.6 Å². The minimum absolute atomic E-state index is 0.0811. The third-order valence-corrected chi connectivity index (χ3v) is 1.72. The van der Waals surface area contributed by atoms with Crippen LogP contribution in [0.3, 0.4) is 0 Å². The van der Waals surface area contributed by atoms with Gasteiger partial charge in [-0.25, -0.2) is 0 Å². The van der Waals surface area contributed by atoms with E-state index in [2.05, 4.69) is 13.2 Å². The lowest BCUT2D eigenvalue weighted by Gasteiger charge is -2.31. The lowest BCUT2D eigenvalue weighted by atomic mass is 10.2. The fraction of sp³-hybridized carbons (Fsp3) is 0.375. The van der Waals surface area contributed by atoms with Gasteiger partial charge in [-0.15, -0.1) is 0 Å². The van der Waals surface area contributed by atoms with Gasteiger partial charge in [0.25, 0.3) is 5.91 Å². The zero-order valence-corrected chi connectivity index (χ0v) is 6.76. The molecule has 1 heterocycles. The smallest absolute Gasteiger partial charge is 0.267 e. The van der Waals surface area contributed by atoms with Crippen LogP contribution in [-0.2, 0) is 9.53 Å². The molecule has 1 unspecified atom stereocenters. The van der Waals surface area contributed by atoms with Crippen molar-refractivity contribution in [2.45, 2.75) is 13.0 Å². The molecule has 0 aromatic heterocycles. The summed E-state index contributed by atoms with van der Waals surface area (Å²) in [6.45, 7) is 8.95. The third kappa shape index (κ3) is 1.13. The fourth-order valence-electron chi connectivity index (χ4n) is 0.925. The number of rotatable bonds is 0. The Morgan fingerprint density at radius 3 is 2.64 bits per heavy atom. The first-order chi connectivity index (χ1) is 5.04. The maximum absolute atomic E-state index is 11.2. The highest BCUT2D eigenvalue weighted by Gasteiger charge is 2.28. The molecule has 60 valence electrons. The number of nitrogens with zero attached hydrogens (tertiary/aromatic N) is 1. The van der Waals surface area contributed by atoms with Crippen molar-refractivity contribution in [2.24, 2.45) is 0 Å². The normalized spacial score (nSPS) is 25.5. The van der Waals surface area contributed by atoms with E-state index in [-0.39, 0.29) is 5.91 Å². The van der Waals surface area contributed by atoms with Gasteiger partial charge < -0.3 is 9.64 Å². The average Bonchev–Trinajstić information content (AvgIpc) is 1.97. The van der Waals surface area contributed by atoms with E-state index in [1.165, 1.54) is 4.90 Å². The summed E-state index contributed by atoms with van der Waals surface area (Å²) in [6.07, 6.45) is -0.432. The Bertz CT molecular complexity index is 232. The summed E-state index contributed by atoms with van der Waals surface area (Å²) in [7, 11) is 1.66. The number of ether oxygens (including phenoxy) is 1. The number of carbonyl (C=O) groups is 1. The molecule has 1 aliphatic heterocycles. The van der Waals surface area contributed by atoms with Crippen LogP contribution in [0.4, 0.5) is 0 Å². The highest BCUT2D eigenvalue weighted by Crippen LogP contribution is 2.20. The quantitative estimate of drug-likeness (QED) is 0.517. The largest absolute Gasteiger partial charge is 0.479 e. The Kier molecular flexibility index (Phi) is 1.72. The lowest BCUT2D eigenvalue weighted by molar-refractivity contribution is -0.140. The van der Waals surface area contributed by atoms with Gasteiger partial charge in [0, 0.05) is 7.05 Å². The monoisotopic (exact) mass is 153 g/mol. The second-order valence-corrected chi connectivity index (χ2v) is 2.53. The molecule has 1 aliphatic rings. The minimum Gasteiger partial charge on any atom is -0.479 e. The van der Waals surface area contributed by atoms with Gasteiger partial charge in [-0.3, -0.25) is 4.79 Å². The summed E-state index contributed by atoms with van der Waals surface area (Å²) in [5.74, 6) is 0.391. The van der Waals surface area contributed by atoms with Gasteiger partial charge in [-0.05, 0) is 6.92 Å². The van der Waals surface area contributed by atoms with Crippen LogP contribution in [0.25, 0.3) is 0 Å². The van der Waals surface area contributed by atoms with Crippen LogP contribution in [0.2, 0.25) is 0 Å². The van der Waals surface area contributed by atoms with Gasteiger partial charge >= 0.3 is 0 Å². The van der Waals surface area contributed by atoms with Gasteiger partial charge in [0.05, 0.1) is 5.70 Å². The maximum atomic E-state index is 11.2. The van der Waals surface area contributed by atoms with E-state index < -0.39 is 6.10 Å². The Labute approximate surface area is 65.9 Å². The summed E-state index contributed by atoms with van der Waals surface area (Å²) in [5.41, 5.74) is 0.535. The molecule has 0 aliphatic carbocycles. The number of morpholine rings is 1. The molecule has 0 saturated carbocycles. The number of hydrogen-bond acceptors (Lipinski definition) is 2. The van der Waals surface area contributed by atoms with Crippen molar-refractivity contribution in [3.63, 3.8) is 0 Å². The average molecular weight is 153 g/mol. The topological polar surface area (TPSA) is 29.5 Å². The molecule has 1 rings (SSSR count). The summed E-state index contributed by atoms with van der Waals surface area (Å²) in [4.78, 5) is 12.6. The van der Waals surface area contributed by atoms with Gasteiger partial charge in [0.2, 0.25) is 0 Å². The van der Waals surface area contributed by atoms with Gasteiger partial charge in [0.1, 0.15) is 5.76 Å². The summed E-state index contributed by atoms with van der Waals surface area (Å²) in [6, 6.07) is 0. The number of carbonyl (C=O) groups excluding carboxylic acids is 1. The molecule has 0 bridgehead atoms. The van der Waals surface area contributed by atoms with Crippen LogP contribution in [-0.4, -0.2) is 24.0 Å². The zero-order valence-electron chi connectivity index (χ0n) is 6.76. The van der Waals surface area contributed by atoms with Gasteiger partial charge in [0.15, 0.2) is 6.10 Å². The molecule has 11 heavy (non-hydrogen) atoms. The van der Waals surface area contributed by atoms with Crippen LogP contribution in [0.15, 0.2) is 24.6 Å². The third-order valence-electron chi connectivity index (χ3n) is 1.72. The second-order valence-electron chi connectivity index (χ2n) is 2.53. The second kappa shape index (κ2) is 2.42. The van der Waals surface area contributed by atoms with E-state index in [1.54, 1.807) is 14.0 Å². The fourth-order valence-corrected chi connectivity index (χ4v) is 0.925. The van der Waals surface area contributed by atoms with Gasteiger partial charge in [-0.2, -0.15) is 0 Å². The van der Waals surface area contributed by atoms with Crippen LogP contribution in [0.5, 0.6) is 0 Å². The van der Waals surface area contributed by atoms with Crippen molar-refractivity contribution in [2.75, 3.05) is 7.05 Å². The van der Waals surface area contributed by atoms with Gasteiger partial charge in [-0.1, -0.05) is 13.2 Å². The molecule has 1 atom stereocenters. The molecule has 0 aromatic carbocycles. The Morgan fingerprint density at radius 1 is 1.55 bits per heavy atom. The maximum Gasteiger partial charge on any atom is 0.267 e. The molecule has 1 saturated heterocycles. The zero-order chi connectivity index (χ0) is 8.59. The number of hydrogen-bond donors (Lipinski definition) is 0. The first kappa shape index (κ1) is 7.85. The van der Waals surface area contributed by atoms with E-state index in [9.17, 15) is 4.79 Å². The molecule has 0 aromatic rings. The lowest BCUT2D eigenvalue weighted by Crippen LogP contribution is -2.40. The van der Waals surface area contributed by atoms with Crippen molar-refractivity contribution < 1.29 is 9.53 Å². The first-order valence-electron chi connectivity index (χ1n) is 3.36. The molecular weight excluding hydrogens is 142 g/mol. The van der Waals surface area contributed by atoms with E-state index in [0.29, 0.717) is 11.5 Å². The molecule has 1 amide bonds. The Morgan fingerprint density at radius 2 is 2.09 bits per heavy atom. The van der Waals surface area contributed by atoms with Crippen molar-refractivity contribution in [1.82, 2.24) is 4.90 Å². The van der Waals surface area contributed by atoms with Crippen LogP contribution < -0.4 is 0 Å². The van der Waals surface area contributed by atoms with Crippen molar-refractivity contribution >= 4 is 5.91 Å². The van der Waals surface area contributed by atoms with Crippen molar-refractivity contribution in [1.29, 1.82) is 0 Å². The molecule has 0 spiro atoms. The molecule has 3 nitrogen and oxygen atoms in total. The highest BCUT2D eigenvalue weighted by atomic mass is 16.5. The van der Waals surface area contributed by atoms with E-state index in [4.69, 9.17) is 4.74 Å². The van der Waals surface area contributed by atoms with E-state index in [1.807, 2.05) is 0 Å². The molecule has 1 fully saturated rings. The Balaban J connectivity index is 2.87. The predicted octanol–water partition coefficient (Wildman–Crippen LogP) is 0.891. The van der Waals surface area contributed by atoms with Crippen LogP contribution in [0.1, 0.15) is 6.92 Å². The number of likely N-dealkylation sites (N-methyl/N-ethyl adjacent to an activating group) is 1. The summed E-state index contributed by atoms with van der Waals surface area (Å²) >= 11 is 0. The molecular formula is C8H11NO2. The standard InChI is InChI=1S/C8H11NO2/c1-5-6(2)11-7(3)8(10)9(5)4/h7H,1-2H2,3-4H3. The SMILES string of the molecule is C=C1OC(C)C(=O)N(C)C1=C. The Hall–Kier alpha value is -1.25. The van der Waals surface area contributed by atoms with E-state index >= 15 is 0 Å². The molecule has 3 heteroatoms. The highest BCUT2D eigenvalue weighted by molar-refractivity contribution is 5.83. The summed E-state index contributed by atoms with van der Waals surface area (Å²) < 4.78 is 5.10. The minimum atomic E-state index is -0.432.